The maximum Gasteiger partial charge on any atom is 0.200 e. The number of hydrogen-bond acceptors (Lipinski definition) is 5. The molecule has 1 atom stereocenters. The van der Waals surface area contributed by atoms with Gasteiger partial charge in [0.15, 0.2) is 11.5 Å². The molecule has 0 N–H and O–H groups in total. The van der Waals surface area contributed by atoms with Crippen LogP contribution in [0.3, 0.4) is 0 Å². The molecule has 2 aromatic heterocycles. The number of rotatable bonds is 2. The highest BCUT2D eigenvalue weighted by atomic mass is 15.6. The SMILES string of the molecule is c1cc2nnnn2nc1N1CCC[C@H]1C1CCCCC1. The molecular formula is C14H20N6. The van der Waals surface area contributed by atoms with Crippen LogP contribution in [-0.4, -0.2) is 37.8 Å². The highest BCUT2D eigenvalue weighted by Gasteiger charge is 2.33. The lowest BCUT2D eigenvalue weighted by molar-refractivity contribution is 0.303. The number of aromatic nitrogens is 5. The van der Waals surface area contributed by atoms with E-state index in [1.807, 2.05) is 6.07 Å². The van der Waals surface area contributed by atoms with Crippen molar-refractivity contribution in [3.05, 3.63) is 12.1 Å². The molecule has 2 aromatic rings. The van der Waals surface area contributed by atoms with Crippen molar-refractivity contribution in [2.45, 2.75) is 51.0 Å². The molecule has 0 aromatic carbocycles. The summed E-state index contributed by atoms with van der Waals surface area (Å²) in [5.74, 6) is 1.87. The average Bonchev–Trinajstić information content (AvgIpc) is 3.16. The summed E-state index contributed by atoms with van der Waals surface area (Å²) in [5, 5.41) is 16.1. The van der Waals surface area contributed by atoms with E-state index in [9.17, 15) is 0 Å². The Hall–Kier alpha value is -1.72. The Morgan fingerprint density at radius 2 is 1.90 bits per heavy atom. The minimum absolute atomic E-state index is 0.664. The zero-order valence-electron chi connectivity index (χ0n) is 11.6. The Kier molecular flexibility index (Phi) is 3.01. The summed E-state index contributed by atoms with van der Waals surface area (Å²) in [7, 11) is 0. The van der Waals surface area contributed by atoms with Crippen LogP contribution in [0.15, 0.2) is 12.1 Å². The Labute approximate surface area is 118 Å². The average molecular weight is 272 g/mol. The van der Waals surface area contributed by atoms with Crippen LogP contribution in [0.1, 0.15) is 44.9 Å². The van der Waals surface area contributed by atoms with Crippen molar-refractivity contribution in [2.24, 2.45) is 5.92 Å². The van der Waals surface area contributed by atoms with Gasteiger partial charge in [-0.2, -0.15) is 0 Å². The van der Waals surface area contributed by atoms with E-state index in [1.54, 1.807) is 0 Å². The molecule has 6 nitrogen and oxygen atoms in total. The van der Waals surface area contributed by atoms with Crippen LogP contribution >= 0.6 is 0 Å². The van der Waals surface area contributed by atoms with E-state index >= 15 is 0 Å². The van der Waals surface area contributed by atoms with Gasteiger partial charge in [-0.05, 0) is 54.2 Å². The second-order valence-electron chi connectivity index (χ2n) is 6.02. The van der Waals surface area contributed by atoms with Crippen LogP contribution in [0.2, 0.25) is 0 Å². The molecule has 0 radical (unpaired) electrons. The second kappa shape index (κ2) is 5.00. The number of nitrogens with zero attached hydrogens (tertiary/aromatic N) is 6. The van der Waals surface area contributed by atoms with Gasteiger partial charge in [-0.15, -0.1) is 14.8 Å². The van der Waals surface area contributed by atoms with Crippen molar-refractivity contribution in [1.29, 1.82) is 0 Å². The van der Waals surface area contributed by atoms with E-state index in [-0.39, 0.29) is 0 Å². The first-order valence-corrected chi connectivity index (χ1v) is 7.74. The normalized spacial score (nSPS) is 24.6. The van der Waals surface area contributed by atoms with Gasteiger partial charge in [-0.25, -0.2) is 0 Å². The maximum atomic E-state index is 4.57. The molecule has 1 saturated carbocycles. The van der Waals surface area contributed by atoms with E-state index in [1.165, 1.54) is 49.6 Å². The van der Waals surface area contributed by atoms with Crippen molar-refractivity contribution in [3.63, 3.8) is 0 Å². The van der Waals surface area contributed by atoms with Gasteiger partial charge < -0.3 is 4.90 Å². The standard InChI is InChI=1S/C14H20N6/c1-2-5-11(6-3-1)12-7-4-10-19(12)14-9-8-13-15-17-18-20(13)16-14/h8-9,11-12H,1-7,10H2/t12-/m0/s1. The summed E-state index contributed by atoms with van der Waals surface area (Å²) in [6.45, 7) is 1.11. The van der Waals surface area contributed by atoms with Gasteiger partial charge in [0.05, 0.1) is 0 Å². The first-order chi connectivity index (χ1) is 9.92. The van der Waals surface area contributed by atoms with Gasteiger partial charge in [0, 0.05) is 12.6 Å². The number of tetrazole rings is 1. The molecule has 20 heavy (non-hydrogen) atoms. The summed E-state index contributed by atoms with van der Waals surface area (Å²) < 4.78 is 1.53. The molecule has 4 rings (SSSR count). The molecule has 3 heterocycles. The summed E-state index contributed by atoms with van der Waals surface area (Å²) in [4.78, 5) is 2.48. The first kappa shape index (κ1) is 12.1. The quantitative estimate of drug-likeness (QED) is 0.837. The molecule has 1 saturated heterocycles. The van der Waals surface area contributed by atoms with Gasteiger partial charge in [0.25, 0.3) is 0 Å². The highest BCUT2D eigenvalue weighted by molar-refractivity contribution is 5.46. The summed E-state index contributed by atoms with van der Waals surface area (Å²) in [6, 6.07) is 4.68. The Morgan fingerprint density at radius 3 is 2.80 bits per heavy atom. The van der Waals surface area contributed by atoms with Crippen LogP contribution in [0, 0.1) is 5.92 Å². The van der Waals surface area contributed by atoms with Gasteiger partial charge in [0.2, 0.25) is 0 Å². The largest absolute Gasteiger partial charge is 0.352 e. The predicted octanol–water partition coefficient (Wildman–Crippen LogP) is 2.07. The van der Waals surface area contributed by atoms with Crippen molar-refractivity contribution < 1.29 is 0 Å². The minimum atomic E-state index is 0.664. The number of hydrogen-bond donors (Lipinski definition) is 0. The van der Waals surface area contributed by atoms with Gasteiger partial charge in [0.1, 0.15) is 0 Å². The fraction of sp³-hybridized carbons (Fsp3) is 0.714. The summed E-state index contributed by atoms with van der Waals surface area (Å²) >= 11 is 0. The van der Waals surface area contributed by atoms with Crippen molar-refractivity contribution >= 4 is 11.5 Å². The zero-order valence-corrected chi connectivity index (χ0v) is 11.6. The van der Waals surface area contributed by atoms with Gasteiger partial charge in [-0.1, -0.05) is 19.3 Å². The molecule has 0 unspecified atom stereocenters. The van der Waals surface area contributed by atoms with E-state index in [4.69, 9.17) is 0 Å². The van der Waals surface area contributed by atoms with Crippen LogP contribution in [0.25, 0.3) is 5.65 Å². The highest BCUT2D eigenvalue weighted by Crippen LogP contribution is 2.36. The van der Waals surface area contributed by atoms with Crippen molar-refractivity contribution in [2.75, 3.05) is 11.4 Å². The second-order valence-corrected chi connectivity index (χ2v) is 6.02. The number of anilines is 1. The van der Waals surface area contributed by atoms with Crippen LogP contribution < -0.4 is 4.90 Å². The third-order valence-corrected chi connectivity index (χ3v) is 4.84. The van der Waals surface area contributed by atoms with Crippen LogP contribution in [0.4, 0.5) is 5.82 Å². The lowest BCUT2D eigenvalue weighted by Crippen LogP contribution is -2.37. The Bertz CT molecular complexity index is 588. The molecule has 106 valence electrons. The monoisotopic (exact) mass is 272 g/mol. The predicted molar refractivity (Wildman–Crippen MR) is 75.5 cm³/mol. The van der Waals surface area contributed by atoms with Gasteiger partial charge >= 0.3 is 0 Å². The summed E-state index contributed by atoms with van der Waals surface area (Å²) in [6.07, 6.45) is 9.56. The topological polar surface area (TPSA) is 59.2 Å². The van der Waals surface area contributed by atoms with E-state index in [2.05, 4.69) is 31.6 Å². The third kappa shape index (κ3) is 2.03. The van der Waals surface area contributed by atoms with Crippen LogP contribution in [0.5, 0.6) is 0 Å². The smallest absolute Gasteiger partial charge is 0.200 e. The van der Waals surface area contributed by atoms with E-state index < -0.39 is 0 Å². The maximum absolute atomic E-state index is 4.57. The first-order valence-electron chi connectivity index (χ1n) is 7.74. The van der Waals surface area contributed by atoms with Gasteiger partial charge in [-0.3, -0.25) is 0 Å². The molecule has 0 bridgehead atoms. The Balaban J connectivity index is 1.61. The minimum Gasteiger partial charge on any atom is -0.352 e. The van der Waals surface area contributed by atoms with Crippen molar-refractivity contribution in [1.82, 2.24) is 25.3 Å². The van der Waals surface area contributed by atoms with E-state index in [0.29, 0.717) is 11.7 Å². The fourth-order valence-electron chi connectivity index (χ4n) is 3.88. The lowest BCUT2D eigenvalue weighted by atomic mass is 9.83. The summed E-state index contributed by atoms with van der Waals surface area (Å²) in [5.41, 5.74) is 0.710. The lowest BCUT2D eigenvalue weighted by Gasteiger charge is -2.34. The fourth-order valence-corrected chi connectivity index (χ4v) is 3.88. The number of fused-ring (bicyclic) bond motifs is 1. The van der Waals surface area contributed by atoms with E-state index in [0.717, 1.165) is 18.3 Å². The molecule has 0 spiro atoms. The Morgan fingerprint density at radius 1 is 1.00 bits per heavy atom. The molecule has 1 aliphatic heterocycles. The van der Waals surface area contributed by atoms with Crippen molar-refractivity contribution in [3.8, 4) is 0 Å². The molecule has 2 aliphatic rings. The third-order valence-electron chi connectivity index (χ3n) is 4.84. The van der Waals surface area contributed by atoms with Crippen LogP contribution in [-0.2, 0) is 0 Å². The molecule has 1 aliphatic carbocycles. The molecule has 0 amide bonds. The zero-order chi connectivity index (χ0) is 13.4. The molecule has 6 heteroatoms. The molecule has 2 fully saturated rings. The molecular weight excluding hydrogens is 252 g/mol.